The van der Waals surface area contributed by atoms with Crippen molar-refractivity contribution in [2.24, 2.45) is 11.3 Å². The van der Waals surface area contributed by atoms with E-state index in [0.29, 0.717) is 11.2 Å². The highest BCUT2D eigenvalue weighted by Crippen LogP contribution is 2.31. The van der Waals surface area contributed by atoms with Crippen LogP contribution in [0.15, 0.2) is 24.3 Å². The van der Waals surface area contributed by atoms with Crippen molar-refractivity contribution in [3.05, 3.63) is 35.4 Å². The van der Waals surface area contributed by atoms with Gasteiger partial charge in [-0.1, -0.05) is 45.0 Å². The highest BCUT2D eigenvalue weighted by Gasteiger charge is 2.27. The summed E-state index contributed by atoms with van der Waals surface area (Å²) in [6.45, 7) is 6.73. The molecule has 1 aliphatic carbocycles. The SMILES string of the molecule is CC(C)(C)CCC1CCc2ccccc2C1=O. The monoisotopic (exact) mass is 230 g/mol. The van der Waals surface area contributed by atoms with E-state index in [9.17, 15) is 4.79 Å². The average Bonchev–Trinajstić information content (AvgIpc) is 2.27. The number of hydrogen-bond acceptors (Lipinski definition) is 1. The first-order chi connectivity index (χ1) is 7.97. The van der Waals surface area contributed by atoms with Crippen LogP contribution in [0.4, 0.5) is 0 Å². The summed E-state index contributed by atoms with van der Waals surface area (Å²) in [5.41, 5.74) is 2.54. The summed E-state index contributed by atoms with van der Waals surface area (Å²) in [4.78, 5) is 12.3. The maximum atomic E-state index is 12.3. The Morgan fingerprint density at radius 3 is 2.65 bits per heavy atom. The molecule has 1 aliphatic rings. The number of aryl methyl sites for hydroxylation is 1. The smallest absolute Gasteiger partial charge is 0.166 e. The fourth-order valence-corrected chi connectivity index (χ4v) is 2.54. The fourth-order valence-electron chi connectivity index (χ4n) is 2.54. The molecular formula is C16H22O. The number of carbonyl (C=O) groups is 1. The van der Waals surface area contributed by atoms with Crippen LogP contribution in [0.3, 0.4) is 0 Å². The summed E-state index contributed by atoms with van der Waals surface area (Å²) in [6.07, 6.45) is 4.27. The summed E-state index contributed by atoms with van der Waals surface area (Å²) in [5.74, 6) is 0.625. The van der Waals surface area contributed by atoms with Gasteiger partial charge in [-0.3, -0.25) is 4.79 Å². The van der Waals surface area contributed by atoms with Gasteiger partial charge in [0.25, 0.3) is 0 Å². The van der Waals surface area contributed by atoms with Crippen molar-refractivity contribution in [2.75, 3.05) is 0 Å². The topological polar surface area (TPSA) is 17.1 Å². The van der Waals surface area contributed by atoms with Crippen LogP contribution in [0.2, 0.25) is 0 Å². The lowest BCUT2D eigenvalue weighted by Gasteiger charge is -2.26. The second kappa shape index (κ2) is 4.64. The lowest BCUT2D eigenvalue weighted by atomic mass is 9.77. The van der Waals surface area contributed by atoms with Gasteiger partial charge in [-0.05, 0) is 36.7 Å². The van der Waals surface area contributed by atoms with Gasteiger partial charge in [0, 0.05) is 11.5 Å². The number of hydrogen-bond donors (Lipinski definition) is 0. The molecule has 2 rings (SSSR count). The summed E-state index contributed by atoms with van der Waals surface area (Å²) in [7, 11) is 0. The zero-order chi connectivity index (χ0) is 12.5. The quantitative estimate of drug-likeness (QED) is 0.742. The van der Waals surface area contributed by atoms with Crippen LogP contribution in [0.1, 0.15) is 56.0 Å². The molecule has 0 saturated heterocycles. The Kier molecular flexibility index (Phi) is 3.37. The van der Waals surface area contributed by atoms with Crippen molar-refractivity contribution in [1.82, 2.24) is 0 Å². The first-order valence-electron chi connectivity index (χ1n) is 6.59. The number of Topliss-reactive ketones (excluding diaryl/α,β-unsaturated/α-hetero) is 1. The third-order valence-corrected chi connectivity index (χ3v) is 3.66. The standard InChI is InChI=1S/C16H22O/c1-16(2,3)11-10-13-9-8-12-6-4-5-7-14(12)15(13)17/h4-7,13H,8-11H2,1-3H3. The van der Waals surface area contributed by atoms with E-state index in [4.69, 9.17) is 0 Å². The highest BCUT2D eigenvalue weighted by molar-refractivity contribution is 6.00. The van der Waals surface area contributed by atoms with Gasteiger partial charge in [0.1, 0.15) is 0 Å². The number of fused-ring (bicyclic) bond motifs is 1. The van der Waals surface area contributed by atoms with Crippen LogP contribution in [0, 0.1) is 11.3 Å². The molecule has 1 atom stereocenters. The normalized spacial score (nSPS) is 20.2. The van der Waals surface area contributed by atoms with E-state index >= 15 is 0 Å². The molecule has 1 unspecified atom stereocenters. The molecule has 1 aromatic rings. The van der Waals surface area contributed by atoms with Gasteiger partial charge in [-0.15, -0.1) is 0 Å². The van der Waals surface area contributed by atoms with E-state index in [1.54, 1.807) is 0 Å². The number of benzene rings is 1. The second-order valence-electron chi connectivity index (χ2n) is 6.36. The minimum atomic E-state index is 0.254. The van der Waals surface area contributed by atoms with Crippen molar-refractivity contribution >= 4 is 5.78 Å². The van der Waals surface area contributed by atoms with Gasteiger partial charge in [0.2, 0.25) is 0 Å². The Bertz CT molecular complexity index is 412. The predicted molar refractivity (Wildman–Crippen MR) is 71.3 cm³/mol. The molecule has 0 bridgehead atoms. The van der Waals surface area contributed by atoms with Gasteiger partial charge >= 0.3 is 0 Å². The largest absolute Gasteiger partial charge is 0.294 e. The van der Waals surface area contributed by atoms with Crippen molar-refractivity contribution in [2.45, 2.75) is 46.5 Å². The fraction of sp³-hybridized carbons (Fsp3) is 0.562. The van der Waals surface area contributed by atoms with Crippen LogP contribution in [-0.2, 0) is 6.42 Å². The molecule has 92 valence electrons. The van der Waals surface area contributed by atoms with E-state index < -0.39 is 0 Å². The highest BCUT2D eigenvalue weighted by atomic mass is 16.1. The van der Waals surface area contributed by atoms with Crippen LogP contribution in [0.25, 0.3) is 0 Å². The molecule has 0 fully saturated rings. The lowest BCUT2D eigenvalue weighted by molar-refractivity contribution is 0.0885. The number of rotatable bonds is 2. The van der Waals surface area contributed by atoms with Gasteiger partial charge in [0.15, 0.2) is 5.78 Å². The van der Waals surface area contributed by atoms with Crippen LogP contribution < -0.4 is 0 Å². The third kappa shape index (κ3) is 2.96. The maximum Gasteiger partial charge on any atom is 0.166 e. The van der Waals surface area contributed by atoms with Gasteiger partial charge in [0.05, 0.1) is 0 Å². The molecule has 0 N–H and O–H groups in total. The second-order valence-corrected chi connectivity index (χ2v) is 6.36. The van der Waals surface area contributed by atoms with Crippen molar-refractivity contribution in [3.63, 3.8) is 0 Å². The molecule has 0 heterocycles. The lowest BCUT2D eigenvalue weighted by Crippen LogP contribution is -2.23. The van der Waals surface area contributed by atoms with Gasteiger partial charge in [-0.2, -0.15) is 0 Å². The molecule has 0 saturated carbocycles. The molecule has 1 aromatic carbocycles. The average molecular weight is 230 g/mol. The number of ketones is 1. The number of carbonyl (C=O) groups excluding carboxylic acids is 1. The summed E-state index contributed by atoms with van der Waals surface area (Å²) in [6, 6.07) is 8.08. The molecule has 1 nitrogen and oxygen atoms in total. The van der Waals surface area contributed by atoms with E-state index in [1.165, 1.54) is 5.56 Å². The minimum absolute atomic E-state index is 0.254. The Hall–Kier alpha value is -1.11. The zero-order valence-corrected chi connectivity index (χ0v) is 11.1. The van der Waals surface area contributed by atoms with Crippen LogP contribution >= 0.6 is 0 Å². The molecule has 1 heteroatoms. The molecule has 0 amide bonds. The zero-order valence-electron chi connectivity index (χ0n) is 11.1. The summed E-state index contributed by atoms with van der Waals surface area (Å²) >= 11 is 0. The first-order valence-corrected chi connectivity index (χ1v) is 6.59. The molecule has 17 heavy (non-hydrogen) atoms. The van der Waals surface area contributed by atoms with E-state index in [2.05, 4.69) is 26.8 Å². The minimum Gasteiger partial charge on any atom is -0.294 e. The van der Waals surface area contributed by atoms with Crippen molar-refractivity contribution in [1.29, 1.82) is 0 Å². The molecule has 0 aliphatic heterocycles. The Labute approximate surface area is 104 Å². The Morgan fingerprint density at radius 1 is 1.24 bits per heavy atom. The van der Waals surface area contributed by atoms with Crippen molar-refractivity contribution in [3.8, 4) is 0 Å². The first kappa shape index (κ1) is 12.3. The summed E-state index contributed by atoms with van der Waals surface area (Å²) < 4.78 is 0. The molecule has 0 spiro atoms. The van der Waals surface area contributed by atoms with Crippen LogP contribution in [0.5, 0.6) is 0 Å². The van der Waals surface area contributed by atoms with Crippen LogP contribution in [-0.4, -0.2) is 5.78 Å². The van der Waals surface area contributed by atoms with Gasteiger partial charge < -0.3 is 0 Å². The van der Waals surface area contributed by atoms with E-state index in [-0.39, 0.29) is 5.92 Å². The van der Waals surface area contributed by atoms with E-state index in [1.807, 2.05) is 18.2 Å². The molecular weight excluding hydrogens is 208 g/mol. The third-order valence-electron chi connectivity index (χ3n) is 3.66. The molecule has 0 aromatic heterocycles. The van der Waals surface area contributed by atoms with E-state index in [0.717, 1.165) is 31.2 Å². The molecule has 0 radical (unpaired) electrons. The predicted octanol–water partition coefficient (Wildman–Crippen LogP) is 4.26. The van der Waals surface area contributed by atoms with Crippen molar-refractivity contribution < 1.29 is 4.79 Å². The maximum absolute atomic E-state index is 12.3. The Balaban J connectivity index is 2.07. The summed E-state index contributed by atoms with van der Waals surface area (Å²) in [5, 5.41) is 0. The van der Waals surface area contributed by atoms with Gasteiger partial charge in [-0.25, -0.2) is 0 Å². The Morgan fingerprint density at radius 2 is 1.94 bits per heavy atom.